The summed E-state index contributed by atoms with van der Waals surface area (Å²) < 4.78 is 13.7. The first-order valence-corrected chi connectivity index (χ1v) is 6.75. The second-order valence-electron chi connectivity index (χ2n) is 4.14. The third kappa shape index (κ3) is 3.56. The Morgan fingerprint density at radius 2 is 2.25 bits per heavy atom. The molecule has 1 heterocycles. The summed E-state index contributed by atoms with van der Waals surface area (Å²) in [6.45, 7) is 1.82. The van der Waals surface area contributed by atoms with Crippen LogP contribution in [0.25, 0.3) is 0 Å². The van der Waals surface area contributed by atoms with E-state index in [0.29, 0.717) is 23.5 Å². The van der Waals surface area contributed by atoms with Gasteiger partial charge in [0.2, 0.25) is 5.91 Å². The van der Waals surface area contributed by atoms with E-state index in [1.807, 2.05) is 6.07 Å². The molecule has 2 rings (SSSR count). The highest BCUT2D eigenvalue weighted by atomic mass is 32.1. The predicted molar refractivity (Wildman–Crippen MR) is 77.1 cm³/mol. The maximum Gasteiger partial charge on any atom is 0.221 e. The van der Waals surface area contributed by atoms with Gasteiger partial charge in [-0.1, -0.05) is 0 Å². The van der Waals surface area contributed by atoms with Gasteiger partial charge in [-0.25, -0.2) is 4.39 Å². The Labute approximate surface area is 119 Å². The van der Waals surface area contributed by atoms with Crippen LogP contribution in [-0.2, 0) is 11.3 Å². The molecule has 0 aliphatic rings. The minimum Gasteiger partial charge on any atom is -0.378 e. The summed E-state index contributed by atoms with van der Waals surface area (Å²) in [6, 6.07) is 8.14. The zero-order valence-electron chi connectivity index (χ0n) is 10.7. The average Bonchev–Trinajstić information content (AvgIpc) is 2.87. The zero-order chi connectivity index (χ0) is 14.5. The van der Waals surface area contributed by atoms with E-state index >= 15 is 0 Å². The number of halogens is 1. The van der Waals surface area contributed by atoms with Crippen LogP contribution in [0.5, 0.6) is 0 Å². The highest BCUT2D eigenvalue weighted by molar-refractivity contribution is 7.10. The van der Waals surface area contributed by atoms with Gasteiger partial charge in [-0.15, -0.1) is 11.3 Å². The number of carbonyl (C=O) groups is 1. The van der Waals surface area contributed by atoms with Gasteiger partial charge >= 0.3 is 0 Å². The van der Waals surface area contributed by atoms with Crippen LogP contribution in [0.15, 0.2) is 29.6 Å². The molecule has 4 nitrogen and oxygen atoms in total. The van der Waals surface area contributed by atoms with Crippen molar-refractivity contribution in [3.8, 4) is 6.07 Å². The Morgan fingerprint density at radius 1 is 1.45 bits per heavy atom. The van der Waals surface area contributed by atoms with E-state index in [0.717, 1.165) is 4.88 Å². The van der Waals surface area contributed by atoms with Gasteiger partial charge in [0.05, 0.1) is 11.3 Å². The maximum absolute atomic E-state index is 13.7. The number of nitrogens with zero attached hydrogens (tertiary/aromatic N) is 1. The van der Waals surface area contributed by atoms with Crippen LogP contribution >= 0.6 is 11.3 Å². The molecule has 0 radical (unpaired) electrons. The van der Waals surface area contributed by atoms with Gasteiger partial charge in [0.15, 0.2) is 0 Å². The van der Waals surface area contributed by atoms with E-state index in [1.54, 1.807) is 11.4 Å². The molecule has 1 aromatic heterocycles. The number of hydrogen-bond donors (Lipinski definition) is 2. The van der Waals surface area contributed by atoms with Gasteiger partial charge in [0, 0.05) is 29.4 Å². The molecular weight excluding hydrogens is 277 g/mol. The molecule has 1 aromatic carbocycles. The number of carbonyl (C=O) groups excluding carboxylic acids is 1. The summed E-state index contributed by atoms with van der Waals surface area (Å²) in [7, 11) is 0. The van der Waals surface area contributed by atoms with E-state index in [2.05, 4.69) is 10.6 Å². The lowest BCUT2D eigenvalue weighted by atomic mass is 10.2. The van der Waals surface area contributed by atoms with Crippen molar-refractivity contribution in [3.05, 3.63) is 45.9 Å². The fourth-order valence-corrected chi connectivity index (χ4v) is 2.41. The summed E-state index contributed by atoms with van der Waals surface area (Å²) >= 11 is 1.44. The molecule has 2 aromatic rings. The lowest BCUT2D eigenvalue weighted by molar-refractivity contribution is -0.114. The lowest BCUT2D eigenvalue weighted by Gasteiger charge is -2.09. The number of nitriles is 1. The van der Waals surface area contributed by atoms with Crippen molar-refractivity contribution in [2.75, 3.05) is 10.6 Å². The van der Waals surface area contributed by atoms with Crippen molar-refractivity contribution in [2.24, 2.45) is 0 Å². The van der Waals surface area contributed by atoms with E-state index < -0.39 is 5.82 Å². The molecule has 0 bridgehead atoms. The van der Waals surface area contributed by atoms with Crippen molar-refractivity contribution in [3.63, 3.8) is 0 Å². The Kier molecular flexibility index (Phi) is 4.33. The van der Waals surface area contributed by atoms with E-state index in [4.69, 9.17) is 5.26 Å². The van der Waals surface area contributed by atoms with E-state index in [1.165, 1.54) is 36.5 Å². The van der Waals surface area contributed by atoms with Gasteiger partial charge in [-0.2, -0.15) is 5.26 Å². The third-order valence-corrected chi connectivity index (χ3v) is 3.46. The molecule has 0 spiro atoms. The van der Waals surface area contributed by atoms with Crippen molar-refractivity contribution in [2.45, 2.75) is 13.5 Å². The summed E-state index contributed by atoms with van der Waals surface area (Å²) in [5, 5.41) is 16.0. The normalized spacial score (nSPS) is 9.85. The molecule has 0 saturated heterocycles. The molecule has 0 aliphatic carbocycles. The monoisotopic (exact) mass is 289 g/mol. The van der Waals surface area contributed by atoms with Gasteiger partial charge in [0.1, 0.15) is 11.9 Å². The lowest BCUT2D eigenvalue weighted by Crippen LogP contribution is -2.07. The Bertz CT molecular complexity index is 675. The molecular formula is C14H12FN3OS. The van der Waals surface area contributed by atoms with Crippen molar-refractivity contribution >= 4 is 28.6 Å². The maximum atomic E-state index is 13.7. The number of rotatable bonds is 4. The van der Waals surface area contributed by atoms with Crippen LogP contribution < -0.4 is 10.6 Å². The fourth-order valence-electron chi connectivity index (χ4n) is 1.66. The minimum atomic E-state index is -0.392. The van der Waals surface area contributed by atoms with Gasteiger partial charge in [0.25, 0.3) is 0 Å². The van der Waals surface area contributed by atoms with Crippen LogP contribution in [0.1, 0.15) is 17.4 Å². The summed E-state index contributed by atoms with van der Waals surface area (Å²) in [5.41, 5.74) is 1.44. The molecule has 6 heteroatoms. The van der Waals surface area contributed by atoms with Gasteiger partial charge < -0.3 is 10.6 Å². The Hall–Kier alpha value is -2.39. The number of amides is 1. The van der Waals surface area contributed by atoms with Crippen LogP contribution in [0.2, 0.25) is 0 Å². The van der Waals surface area contributed by atoms with E-state index in [9.17, 15) is 9.18 Å². The Balaban J connectivity index is 2.08. The Morgan fingerprint density at radius 3 is 2.90 bits per heavy atom. The van der Waals surface area contributed by atoms with Crippen LogP contribution in [-0.4, -0.2) is 5.91 Å². The molecule has 20 heavy (non-hydrogen) atoms. The largest absolute Gasteiger partial charge is 0.378 e. The first-order valence-electron chi connectivity index (χ1n) is 5.87. The van der Waals surface area contributed by atoms with Crippen LogP contribution in [0.4, 0.5) is 15.8 Å². The zero-order valence-corrected chi connectivity index (χ0v) is 11.6. The predicted octanol–water partition coefficient (Wildman–Crippen LogP) is 3.33. The highest BCUT2D eigenvalue weighted by Crippen LogP contribution is 2.22. The molecule has 0 aliphatic heterocycles. The first-order chi connectivity index (χ1) is 9.58. The molecule has 0 atom stereocenters. The van der Waals surface area contributed by atoms with Crippen molar-refractivity contribution < 1.29 is 9.18 Å². The number of benzene rings is 1. The second kappa shape index (κ2) is 6.17. The van der Waals surface area contributed by atoms with Crippen molar-refractivity contribution in [1.82, 2.24) is 0 Å². The quantitative estimate of drug-likeness (QED) is 0.907. The summed E-state index contributed by atoms with van der Waals surface area (Å²) in [6.07, 6.45) is 0. The number of nitrogens with one attached hydrogen (secondary N) is 2. The topological polar surface area (TPSA) is 64.9 Å². The van der Waals surface area contributed by atoms with Crippen LogP contribution in [0, 0.1) is 17.1 Å². The standard InChI is InChI=1S/C14H12FN3OS/c1-9(19)18-11-2-3-13(15)14(5-11)17-7-12-4-10(6-16)8-20-12/h2-5,8,17H,7H2,1H3,(H,18,19). The number of anilines is 2. The molecule has 0 fully saturated rings. The number of hydrogen-bond acceptors (Lipinski definition) is 4. The van der Waals surface area contributed by atoms with Crippen molar-refractivity contribution in [1.29, 1.82) is 5.26 Å². The summed E-state index contributed by atoms with van der Waals surface area (Å²) in [4.78, 5) is 11.9. The minimum absolute atomic E-state index is 0.209. The van der Waals surface area contributed by atoms with E-state index in [-0.39, 0.29) is 5.91 Å². The van der Waals surface area contributed by atoms with Crippen LogP contribution in [0.3, 0.4) is 0 Å². The smallest absolute Gasteiger partial charge is 0.221 e. The molecule has 2 N–H and O–H groups in total. The molecule has 102 valence electrons. The first kappa shape index (κ1) is 14.0. The average molecular weight is 289 g/mol. The molecule has 0 unspecified atom stereocenters. The highest BCUT2D eigenvalue weighted by Gasteiger charge is 2.05. The second-order valence-corrected chi connectivity index (χ2v) is 5.14. The molecule has 1 amide bonds. The fraction of sp³-hybridized carbons (Fsp3) is 0.143. The number of thiophene rings is 1. The SMILES string of the molecule is CC(=O)Nc1ccc(F)c(NCc2cc(C#N)cs2)c1. The summed E-state index contributed by atoms with van der Waals surface area (Å²) in [5.74, 6) is -0.601. The van der Waals surface area contributed by atoms with Gasteiger partial charge in [-0.05, 0) is 24.3 Å². The van der Waals surface area contributed by atoms with Gasteiger partial charge in [-0.3, -0.25) is 4.79 Å². The third-order valence-electron chi connectivity index (χ3n) is 2.52. The molecule has 0 saturated carbocycles.